The van der Waals surface area contributed by atoms with E-state index in [1.165, 1.54) is 5.56 Å². The molecule has 1 saturated heterocycles. The van der Waals surface area contributed by atoms with E-state index in [1.54, 1.807) is 4.90 Å². The Labute approximate surface area is 173 Å². The Bertz CT molecular complexity index is 630. The molecule has 0 aromatic heterocycles. The van der Waals surface area contributed by atoms with Crippen LogP contribution < -0.4 is 5.32 Å². The van der Waals surface area contributed by atoms with Gasteiger partial charge < -0.3 is 19.9 Å². The maximum absolute atomic E-state index is 12.2. The summed E-state index contributed by atoms with van der Waals surface area (Å²) >= 11 is 0. The Morgan fingerprint density at radius 1 is 1.27 bits per heavy atom. The van der Waals surface area contributed by atoms with Crippen molar-refractivity contribution in [3.8, 4) is 0 Å². The van der Waals surface area contributed by atoms with Gasteiger partial charge in [0.05, 0.1) is 12.6 Å². The highest BCUT2D eigenvalue weighted by molar-refractivity contribution is 14.0. The maximum atomic E-state index is 12.2. The molecule has 0 bridgehead atoms. The van der Waals surface area contributed by atoms with Crippen LogP contribution in [0.15, 0.2) is 35.3 Å². The molecule has 7 heteroatoms. The monoisotopic (exact) mass is 472 g/mol. The van der Waals surface area contributed by atoms with Crippen molar-refractivity contribution in [1.82, 2.24) is 15.1 Å². The maximum Gasteiger partial charge on any atom is 0.410 e. The van der Waals surface area contributed by atoms with Crippen molar-refractivity contribution in [2.75, 3.05) is 32.7 Å². The van der Waals surface area contributed by atoms with Crippen molar-refractivity contribution >= 4 is 36.0 Å². The molecule has 2 aliphatic rings. The topological polar surface area (TPSA) is 57.2 Å². The van der Waals surface area contributed by atoms with Gasteiger partial charge in [0.2, 0.25) is 0 Å². The van der Waals surface area contributed by atoms with Gasteiger partial charge in [0.15, 0.2) is 5.96 Å². The van der Waals surface area contributed by atoms with E-state index in [0.717, 1.165) is 32.0 Å². The van der Waals surface area contributed by atoms with E-state index in [1.807, 2.05) is 26.8 Å². The molecule has 0 spiro atoms. The fourth-order valence-electron chi connectivity index (χ4n) is 3.19. The minimum atomic E-state index is -0.454. The molecule has 0 aliphatic carbocycles. The number of aliphatic imine (C=N–C) groups is 1. The number of nitrogens with one attached hydrogen (secondary N) is 1. The van der Waals surface area contributed by atoms with Gasteiger partial charge in [-0.15, -0.1) is 24.0 Å². The lowest BCUT2D eigenvalue weighted by Crippen LogP contribution is -2.57. The van der Waals surface area contributed by atoms with Crippen LogP contribution in [-0.4, -0.2) is 66.2 Å². The van der Waals surface area contributed by atoms with E-state index in [9.17, 15) is 4.79 Å². The normalized spacial score (nSPS) is 19.3. The zero-order valence-electron chi connectivity index (χ0n) is 15.8. The third kappa shape index (κ3) is 5.49. The smallest absolute Gasteiger partial charge is 0.410 e. The minimum absolute atomic E-state index is 0. The molecule has 3 rings (SSSR count). The first-order valence-electron chi connectivity index (χ1n) is 8.99. The molecular formula is C19H29IN4O2. The van der Waals surface area contributed by atoms with E-state index < -0.39 is 5.60 Å². The molecule has 144 valence electrons. The third-order valence-corrected chi connectivity index (χ3v) is 4.40. The second-order valence-corrected chi connectivity index (χ2v) is 7.60. The summed E-state index contributed by atoms with van der Waals surface area (Å²) in [5, 5.41) is 3.45. The predicted molar refractivity (Wildman–Crippen MR) is 114 cm³/mol. The Kier molecular flexibility index (Phi) is 7.14. The number of piperazine rings is 1. The molecule has 1 aromatic carbocycles. The molecular weight excluding hydrogens is 443 g/mol. The quantitative estimate of drug-likeness (QED) is 0.688. The molecule has 0 radical (unpaired) electrons. The van der Waals surface area contributed by atoms with Crippen molar-refractivity contribution < 1.29 is 9.53 Å². The van der Waals surface area contributed by atoms with Gasteiger partial charge in [-0.1, -0.05) is 30.3 Å². The summed E-state index contributed by atoms with van der Waals surface area (Å²) in [5.41, 5.74) is 0.866. The van der Waals surface area contributed by atoms with E-state index in [2.05, 4.69) is 39.5 Å². The summed E-state index contributed by atoms with van der Waals surface area (Å²) in [6, 6.07) is 10.7. The van der Waals surface area contributed by atoms with Crippen molar-refractivity contribution in [3.05, 3.63) is 35.9 Å². The van der Waals surface area contributed by atoms with E-state index in [-0.39, 0.29) is 36.1 Å². The van der Waals surface area contributed by atoms with Gasteiger partial charge in [-0.25, -0.2) is 4.79 Å². The largest absolute Gasteiger partial charge is 0.444 e. The summed E-state index contributed by atoms with van der Waals surface area (Å²) in [7, 11) is 0. The fraction of sp³-hybridized carbons (Fsp3) is 0.579. The van der Waals surface area contributed by atoms with Crippen LogP contribution in [0, 0.1) is 0 Å². The zero-order chi connectivity index (χ0) is 17.9. The standard InChI is InChI=1S/C19H28N4O2.HI/c1-19(2,3)25-18(24)22-11-12-23-16(14-22)13-21-17(23)20-10-9-15-7-5-4-6-8-15;/h4-8,16H,9-14H2,1-3H3,(H,20,21);1H. The van der Waals surface area contributed by atoms with Crippen LogP contribution in [0.1, 0.15) is 26.3 Å². The fourth-order valence-corrected chi connectivity index (χ4v) is 3.19. The van der Waals surface area contributed by atoms with Crippen LogP contribution in [0.25, 0.3) is 0 Å². The Balaban J connectivity index is 0.00000243. The summed E-state index contributed by atoms with van der Waals surface area (Å²) < 4.78 is 5.48. The molecule has 26 heavy (non-hydrogen) atoms. The van der Waals surface area contributed by atoms with Gasteiger partial charge >= 0.3 is 6.09 Å². The highest BCUT2D eigenvalue weighted by atomic mass is 127. The lowest BCUT2D eigenvalue weighted by molar-refractivity contribution is 0.0137. The Hall–Kier alpha value is -1.51. The van der Waals surface area contributed by atoms with Crippen LogP contribution >= 0.6 is 24.0 Å². The molecule has 1 N–H and O–H groups in total. The van der Waals surface area contributed by atoms with Gasteiger partial charge in [-0.3, -0.25) is 4.99 Å². The zero-order valence-corrected chi connectivity index (χ0v) is 18.1. The van der Waals surface area contributed by atoms with Crippen LogP contribution in [0.4, 0.5) is 4.79 Å². The van der Waals surface area contributed by atoms with Crippen molar-refractivity contribution in [2.45, 2.75) is 38.8 Å². The number of carbonyl (C=O) groups is 1. The number of guanidine groups is 1. The van der Waals surface area contributed by atoms with Crippen molar-refractivity contribution in [1.29, 1.82) is 0 Å². The predicted octanol–water partition coefficient (Wildman–Crippen LogP) is 2.73. The Morgan fingerprint density at radius 3 is 2.69 bits per heavy atom. The second kappa shape index (κ2) is 8.92. The first kappa shape index (κ1) is 20.8. The highest BCUT2D eigenvalue weighted by Gasteiger charge is 2.36. The summed E-state index contributed by atoms with van der Waals surface area (Å²) in [6.07, 6.45) is 0.750. The van der Waals surface area contributed by atoms with Crippen LogP contribution in [0.3, 0.4) is 0 Å². The Morgan fingerprint density at radius 2 is 2.00 bits per heavy atom. The van der Waals surface area contributed by atoms with Crippen LogP contribution in [-0.2, 0) is 11.2 Å². The SMILES string of the molecule is CC(C)(C)OC(=O)N1CCN2C(NCCc3ccccc3)=NCC2C1.I. The number of ether oxygens (including phenoxy) is 1. The minimum Gasteiger partial charge on any atom is -0.444 e. The number of halogens is 1. The van der Waals surface area contributed by atoms with Crippen molar-refractivity contribution in [3.63, 3.8) is 0 Å². The average molecular weight is 472 g/mol. The molecule has 0 saturated carbocycles. The number of benzene rings is 1. The number of hydrogen-bond acceptors (Lipinski definition) is 5. The van der Waals surface area contributed by atoms with Crippen LogP contribution in [0.2, 0.25) is 0 Å². The van der Waals surface area contributed by atoms with Crippen molar-refractivity contribution in [2.24, 2.45) is 4.99 Å². The lowest BCUT2D eigenvalue weighted by Gasteiger charge is -2.39. The molecule has 2 aliphatic heterocycles. The van der Waals surface area contributed by atoms with E-state index in [4.69, 9.17) is 4.74 Å². The van der Waals surface area contributed by atoms with Crippen LogP contribution in [0.5, 0.6) is 0 Å². The lowest BCUT2D eigenvalue weighted by atomic mass is 10.1. The van der Waals surface area contributed by atoms with Gasteiger partial charge in [-0.2, -0.15) is 0 Å². The second-order valence-electron chi connectivity index (χ2n) is 7.60. The summed E-state index contributed by atoms with van der Waals surface area (Å²) in [4.78, 5) is 21.0. The molecule has 6 nitrogen and oxygen atoms in total. The number of carbonyl (C=O) groups excluding carboxylic acids is 1. The first-order chi connectivity index (χ1) is 11.9. The third-order valence-electron chi connectivity index (χ3n) is 4.40. The molecule has 1 aromatic rings. The summed E-state index contributed by atoms with van der Waals surface area (Å²) in [5.74, 6) is 0.963. The highest BCUT2D eigenvalue weighted by Crippen LogP contribution is 2.18. The van der Waals surface area contributed by atoms with Gasteiger partial charge in [0.25, 0.3) is 0 Å². The summed E-state index contributed by atoms with van der Waals surface area (Å²) in [6.45, 7) is 9.42. The van der Waals surface area contributed by atoms with E-state index >= 15 is 0 Å². The molecule has 1 amide bonds. The van der Waals surface area contributed by atoms with Gasteiger partial charge in [-0.05, 0) is 32.8 Å². The molecule has 2 heterocycles. The number of amides is 1. The van der Waals surface area contributed by atoms with Gasteiger partial charge in [0.1, 0.15) is 5.60 Å². The van der Waals surface area contributed by atoms with E-state index in [0.29, 0.717) is 13.1 Å². The number of rotatable bonds is 3. The molecule has 1 fully saturated rings. The number of fused-ring (bicyclic) bond motifs is 1. The molecule has 1 atom stereocenters. The average Bonchev–Trinajstić information content (AvgIpc) is 2.97. The molecule has 1 unspecified atom stereocenters. The first-order valence-corrected chi connectivity index (χ1v) is 8.99. The number of hydrogen-bond donors (Lipinski definition) is 1. The number of nitrogens with zero attached hydrogens (tertiary/aromatic N) is 3. The van der Waals surface area contributed by atoms with Gasteiger partial charge in [0, 0.05) is 26.2 Å².